The zero-order chi connectivity index (χ0) is 25.4. The summed E-state index contributed by atoms with van der Waals surface area (Å²) >= 11 is 0. The number of nitrogens with one attached hydrogen (secondary N) is 2. The van der Waals surface area contributed by atoms with Crippen LogP contribution >= 0.6 is 0 Å². The summed E-state index contributed by atoms with van der Waals surface area (Å²) in [7, 11) is 2.63. The molecule has 1 unspecified atom stereocenters. The standard InChI is InChI=1S/C22H24N2O4.C2H2O4/c1-13-19(21(25)27-3)18(24-20(13)22(26)28-4)12-23-14(2)16-10-9-15-7-5-6-8-17(15)11-16;3-1(4)2(5)6/h5-11,14,23-24H,12H2,1-4H3;(H,3,4)(H,5,6). The maximum absolute atomic E-state index is 12.2. The molecule has 1 atom stereocenters. The molecule has 0 aliphatic carbocycles. The molecule has 3 rings (SSSR count). The van der Waals surface area contributed by atoms with Crippen LogP contribution in [-0.4, -0.2) is 53.3 Å². The van der Waals surface area contributed by atoms with Crippen LogP contribution in [0.5, 0.6) is 0 Å². The number of methoxy groups -OCH3 is 2. The molecule has 0 fully saturated rings. The lowest BCUT2D eigenvalue weighted by Gasteiger charge is -2.15. The first-order chi connectivity index (χ1) is 16.1. The van der Waals surface area contributed by atoms with Crippen molar-refractivity contribution < 1.29 is 38.9 Å². The number of aliphatic carboxylic acids is 2. The predicted molar refractivity (Wildman–Crippen MR) is 123 cm³/mol. The van der Waals surface area contributed by atoms with Gasteiger partial charge in [0.25, 0.3) is 0 Å². The lowest BCUT2D eigenvalue weighted by atomic mass is 10.0. The minimum absolute atomic E-state index is 0.0419. The first kappa shape index (κ1) is 26.1. The fourth-order valence-electron chi connectivity index (χ4n) is 3.33. The lowest BCUT2D eigenvalue weighted by Crippen LogP contribution is -2.20. The number of esters is 2. The minimum Gasteiger partial charge on any atom is -0.473 e. The highest BCUT2D eigenvalue weighted by Crippen LogP contribution is 2.23. The second kappa shape index (κ2) is 11.6. The van der Waals surface area contributed by atoms with Gasteiger partial charge in [0.05, 0.1) is 19.8 Å². The Morgan fingerprint density at radius 3 is 2.09 bits per heavy atom. The van der Waals surface area contributed by atoms with E-state index in [-0.39, 0.29) is 11.7 Å². The number of carboxylic acid groups (broad SMARTS) is 2. The van der Waals surface area contributed by atoms with Gasteiger partial charge in [-0.3, -0.25) is 0 Å². The van der Waals surface area contributed by atoms with Crippen molar-refractivity contribution in [2.24, 2.45) is 0 Å². The summed E-state index contributed by atoms with van der Waals surface area (Å²) in [6.07, 6.45) is 0. The van der Waals surface area contributed by atoms with Gasteiger partial charge < -0.3 is 30.0 Å². The van der Waals surface area contributed by atoms with Crippen molar-refractivity contribution >= 4 is 34.6 Å². The largest absolute Gasteiger partial charge is 0.473 e. The molecule has 10 heteroatoms. The highest BCUT2D eigenvalue weighted by atomic mass is 16.5. The number of benzene rings is 2. The minimum atomic E-state index is -1.82. The van der Waals surface area contributed by atoms with Gasteiger partial charge in [-0.25, -0.2) is 19.2 Å². The first-order valence-corrected chi connectivity index (χ1v) is 10.2. The molecule has 0 spiro atoms. The van der Waals surface area contributed by atoms with E-state index in [1.807, 2.05) is 12.1 Å². The maximum atomic E-state index is 12.2. The van der Waals surface area contributed by atoms with Crippen molar-refractivity contribution in [3.8, 4) is 0 Å². The Bertz CT molecular complexity index is 1200. The molecule has 10 nitrogen and oxygen atoms in total. The molecule has 0 saturated heterocycles. The van der Waals surface area contributed by atoms with E-state index >= 15 is 0 Å². The van der Waals surface area contributed by atoms with E-state index < -0.39 is 23.9 Å². The molecule has 4 N–H and O–H groups in total. The van der Waals surface area contributed by atoms with Gasteiger partial charge in [0.15, 0.2) is 0 Å². The Labute approximate surface area is 195 Å². The number of carbonyl (C=O) groups is 4. The Hall–Kier alpha value is -4.18. The second-order valence-corrected chi connectivity index (χ2v) is 7.28. The highest BCUT2D eigenvalue weighted by molar-refractivity contribution is 6.27. The Balaban J connectivity index is 0.000000604. The third-order valence-electron chi connectivity index (χ3n) is 5.15. The Morgan fingerprint density at radius 1 is 0.941 bits per heavy atom. The van der Waals surface area contributed by atoms with Crippen LogP contribution in [0.2, 0.25) is 0 Å². The topological polar surface area (TPSA) is 155 Å². The van der Waals surface area contributed by atoms with Gasteiger partial charge in [-0.2, -0.15) is 0 Å². The van der Waals surface area contributed by atoms with E-state index in [1.165, 1.54) is 25.0 Å². The Kier molecular flexibility index (Phi) is 8.91. The molecule has 0 bridgehead atoms. The van der Waals surface area contributed by atoms with Crippen molar-refractivity contribution in [1.29, 1.82) is 0 Å². The van der Waals surface area contributed by atoms with E-state index in [4.69, 9.17) is 29.3 Å². The SMILES string of the molecule is COC(=O)c1[nH]c(CNC(C)c2ccc3ccccc3c2)c(C(=O)OC)c1C.O=C(O)C(=O)O. The third kappa shape index (κ3) is 6.20. The molecular formula is C24H26N2O8. The number of H-pyrrole nitrogens is 1. The summed E-state index contributed by atoms with van der Waals surface area (Å²) in [6, 6.07) is 14.6. The van der Waals surface area contributed by atoms with E-state index in [0.717, 1.165) is 5.56 Å². The van der Waals surface area contributed by atoms with Crippen LogP contribution in [0.1, 0.15) is 50.6 Å². The number of rotatable bonds is 6. The molecule has 180 valence electrons. The summed E-state index contributed by atoms with van der Waals surface area (Å²) in [4.78, 5) is 45.4. The molecule has 3 aromatic rings. The summed E-state index contributed by atoms with van der Waals surface area (Å²) in [5, 5.41) is 20.6. The van der Waals surface area contributed by atoms with Crippen LogP contribution < -0.4 is 5.32 Å². The zero-order valence-electron chi connectivity index (χ0n) is 19.2. The van der Waals surface area contributed by atoms with Crippen LogP contribution in [0, 0.1) is 6.92 Å². The van der Waals surface area contributed by atoms with Crippen molar-refractivity contribution in [3.05, 3.63) is 70.5 Å². The molecule has 34 heavy (non-hydrogen) atoms. The van der Waals surface area contributed by atoms with Crippen LogP contribution in [-0.2, 0) is 25.6 Å². The molecular weight excluding hydrogens is 444 g/mol. The van der Waals surface area contributed by atoms with E-state index in [1.54, 1.807) is 6.92 Å². The van der Waals surface area contributed by atoms with Gasteiger partial charge in [0, 0.05) is 18.3 Å². The number of hydrogen-bond acceptors (Lipinski definition) is 7. The lowest BCUT2D eigenvalue weighted by molar-refractivity contribution is -0.159. The van der Waals surface area contributed by atoms with Gasteiger partial charge in [-0.1, -0.05) is 36.4 Å². The predicted octanol–water partition coefficient (Wildman–Crippen LogP) is 3.06. The molecule has 0 aliphatic heterocycles. The van der Waals surface area contributed by atoms with Gasteiger partial charge in [0.2, 0.25) is 0 Å². The van der Waals surface area contributed by atoms with E-state index in [0.29, 0.717) is 23.4 Å². The number of fused-ring (bicyclic) bond motifs is 1. The monoisotopic (exact) mass is 470 g/mol. The quantitative estimate of drug-likeness (QED) is 0.314. The van der Waals surface area contributed by atoms with Crippen molar-refractivity contribution in [2.75, 3.05) is 14.2 Å². The molecule has 0 aliphatic rings. The van der Waals surface area contributed by atoms with E-state index in [2.05, 4.69) is 47.6 Å². The van der Waals surface area contributed by atoms with Gasteiger partial charge in [-0.15, -0.1) is 0 Å². The van der Waals surface area contributed by atoms with E-state index in [9.17, 15) is 9.59 Å². The van der Waals surface area contributed by atoms with Gasteiger partial charge in [-0.05, 0) is 41.8 Å². The number of ether oxygens (including phenoxy) is 2. The third-order valence-corrected chi connectivity index (χ3v) is 5.15. The molecule has 0 saturated carbocycles. The van der Waals surface area contributed by atoms with Crippen molar-refractivity contribution in [3.63, 3.8) is 0 Å². The second-order valence-electron chi connectivity index (χ2n) is 7.28. The maximum Gasteiger partial charge on any atom is 0.414 e. The summed E-state index contributed by atoms with van der Waals surface area (Å²) in [6.45, 7) is 4.13. The number of carboxylic acids is 2. The molecule has 0 radical (unpaired) electrons. The summed E-state index contributed by atoms with van der Waals surface area (Å²) in [5.74, 6) is -4.65. The fraction of sp³-hybridized carbons (Fsp3) is 0.250. The van der Waals surface area contributed by atoms with Crippen molar-refractivity contribution in [1.82, 2.24) is 10.3 Å². The average Bonchev–Trinajstić information content (AvgIpc) is 3.17. The number of aromatic amines is 1. The number of carbonyl (C=O) groups excluding carboxylic acids is 2. The number of aromatic nitrogens is 1. The number of hydrogen-bond donors (Lipinski definition) is 4. The summed E-state index contributed by atoms with van der Waals surface area (Å²) < 4.78 is 9.68. The molecule has 1 aromatic heterocycles. The smallest absolute Gasteiger partial charge is 0.414 e. The molecule has 2 aromatic carbocycles. The van der Waals surface area contributed by atoms with Crippen molar-refractivity contribution in [2.45, 2.75) is 26.4 Å². The fourth-order valence-corrected chi connectivity index (χ4v) is 3.33. The van der Waals surface area contributed by atoms with Crippen LogP contribution in [0.25, 0.3) is 10.8 Å². The highest BCUT2D eigenvalue weighted by Gasteiger charge is 2.25. The first-order valence-electron chi connectivity index (χ1n) is 10.2. The Morgan fingerprint density at radius 2 is 1.53 bits per heavy atom. The average molecular weight is 470 g/mol. The normalized spacial score (nSPS) is 11.2. The van der Waals surface area contributed by atoms with Crippen LogP contribution in [0.3, 0.4) is 0 Å². The molecule has 0 amide bonds. The summed E-state index contributed by atoms with van der Waals surface area (Å²) in [5.41, 5.74) is 2.88. The zero-order valence-corrected chi connectivity index (χ0v) is 19.2. The van der Waals surface area contributed by atoms with Crippen LogP contribution in [0.4, 0.5) is 0 Å². The van der Waals surface area contributed by atoms with Crippen LogP contribution in [0.15, 0.2) is 42.5 Å². The van der Waals surface area contributed by atoms with Gasteiger partial charge in [0.1, 0.15) is 5.69 Å². The van der Waals surface area contributed by atoms with Gasteiger partial charge >= 0.3 is 23.9 Å². The molecule has 1 heterocycles.